The van der Waals surface area contributed by atoms with Crippen molar-refractivity contribution >= 4 is 22.9 Å². The zero-order valence-electron chi connectivity index (χ0n) is 17.1. The monoisotopic (exact) mass is 371 g/mol. The summed E-state index contributed by atoms with van der Waals surface area (Å²) in [6, 6.07) is 4.42. The Hall–Kier alpha value is -2.08. The number of aromatic amines is 1. The third kappa shape index (κ3) is 4.43. The highest BCUT2D eigenvalue weighted by Gasteiger charge is 2.25. The van der Waals surface area contributed by atoms with Crippen molar-refractivity contribution in [3.63, 3.8) is 0 Å². The summed E-state index contributed by atoms with van der Waals surface area (Å²) in [5.74, 6) is 1.14. The minimum Gasteiger partial charge on any atom is -0.360 e. The van der Waals surface area contributed by atoms with Gasteiger partial charge in [0.15, 0.2) is 0 Å². The zero-order chi connectivity index (χ0) is 19.4. The van der Waals surface area contributed by atoms with Gasteiger partial charge in [-0.3, -0.25) is 5.32 Å². The largest absolute Gasteiger partial charge is 0.360 e. The van der Waals surface area contributed by atoms with E-state index in [1.807, 2.05) is 19.1 Å². The Kier molecular flexibility index (Phi) is 6.37. The Morgan fingerprint density at radius 1 is 1.37 bits per heavy atom. The first-order valence-electron chi connectivity index (χ1n) is 10.3. The van der Waals surface area contributed by atoms with Gasteiger partial charge in [0, 0.05) is 25.8 Å². The molecule has 6 nitrogen and oxygen atoms in total. The number of urea groups is 1. The standard InChI is InChI=1S/C21H33N5O/c1-5-7-15(3)26-12-10-16(11-13-26)17-14-22-18-8-9-19(23-20(17)18)24-21(27)25(4)6-2/h8-9,14-16,22H,5-7,10-13H2,1-4H3,(H,23,24,27). The molecule has 2 amide bonds. The van der Waals surface area contributed by atoms with Crippen LogP contribution in [0.4, 0.5) is 10.6 Å². The van der Waals surface area contributed by atoms with Crippen molar-refractivity contribution in [2.24, 2.45) is 0 Å². The Balaban J connectivity index is 1.72. The first kappa shape index (κ1) is 19.7. The minimum absolute atomic E-state index is 0.125. The molecular weight excluding hydrogens is 338 g/mol. The van der Waals surface area contributed by atoms with Gasteiger partial charge in [-0.1, -0.05) is 13.3 Å². The number of H-pyrrole nitrogens is 1. The van der Waals surface area contributed by atoms with Gasteiger partial charge in [-0.05, 0) is 69.8 Å². The predicted octanol–water partition coefficient (Wildman–Crippen LogP) is 4.41. The molecule has 1 fully saturated rings. The van der Waals surface area contributed by atoms with Crippen LogP contribution in [0, 0.1) is 0 Å². The van der Waals surface area contributed by atoms with Gasteiger partial charge in [-0.2, -0.15) is 0 Å². The molecule has 3 heterocycles. The van der Waals surface area contributed by atoms with E-state index in [0.717, 1.165) is 37.0 Å². The van der Waals surface area contributed by atoms with E-state index < -0.39 is 0 Å². The number of rotatable bonds is 6. The number of carbonyl (C=O) groups is 1. The van der Waals surface area contributed by atoms with Gasteiger partial charge >= 0.3 is 6.03 Å². The number of anilines is 1. The van der Waals surface area contributed by atoms with Crippen LogP contribution in [0.2, 0.25) is 0 Å². The number of nitrogens with zero attached hydrogens (tertiary/aromatic N) is 3. The Morgan fingerprint density at radius 3 is 2.78 bits per heavy atom. The second-order valence-electron chi connectivity index (χ2n) is 7.73. The highest BCUT2D eigenvalue weighted by molar-refractivity contribution is 5.90. The van der Waals surface area contributed by atoms with E-state index in [-0.39, 0.29) is 6.03 Å². The summed E-state index contributed by atoms with van der Waals surface area (Å²) in [7, 11) is 1.78. The first-order valence-corrected chi connectivity index (χ1v) is 10.3. The van der Waals surface area contributed by atoms with Crippen molar-refractivity contribution < 1.29 is 4.79 Å². The van der Waals surface area contributed by atoms with E-state index in [1.165, 1.54) is 18.4 Å². The molecule has 0 radical (unpaired) electrons. The maximum Gasteiger partial charge on any atom is 0.322 e. The van der Waals surface area contributed by atoms with Gasteiger partial charge in [0.05, 0.1) is 11.0 Å². The lowest BCUT2D eigenvalue weighted by Gasteiger charge is -2.36. The average molecular weight is 372 g/mol. The molecule has 0 aromatic carbocycles. The van der Waals surface area contributed by atoms with E-state index in [9.17, 15) is 4.79 Å². The lowest BCUT2D eigenvalue weighted by Crippen LogP contribution is -2.39. The molecule has 1 aliphatic heterocycles. The number of pyridine rings is 1. The van der Waals surface area contributed by atoms with Crippen molar-refractivity contribution in [3.8, 4) is 0 Å². The van der Waals surface area contributed by atoms with Gasteiger partial charge in [0.1, 0.15) is 5.82 Å². The Bertz CT molecular complexity index is 763. The fourth-order valence-electron chi connectivity index (χ4n) is 4.00. The summed E-state index contributed by atoms with van der Waals surface area (Å²) in [5, 5.41) is 2.89. The number of aromatic nitrogens is 2. The molecule has 2 N–H and O–H groups in total. The summed E-state index contributed by atoms with van der Waals surface area (Å²) in [5.41, 5.74) is 3.31. The molecule has 1 aliphatic rings. The highest BCUT2D eigenvalue weighted by atomic mass is 16.2. The van der Waals surface area contributed by atoms with Crippen LogP contribution in [0.15, 0.2) is 18.3 Å². The molecule has 3 rings (SSSR count). The summed E-state index contributed by atoms with van der Waals surface area (Å²) in [4.78, 5) is 24.5. The molecule has 1 atom stereocenters. The van der Waals surface area contributed by atoms with Crippen LogP contribution < -0.4 is 5.32 Å². The van der Waals surface area contributed by atoms with Gasteiger partial charge in [-0.15, -0.1) is 0 Å². The number of hydrogen-bond donors (Lipinski definition) is 2. The fraction of sp³-hybridized carbons (Fsp3) is 0.619. The van der Waals surface area contributed by atoms with Crippen LogP contribution in [0.1, 0.15) is 57.9 Å². The van der Waals surface area contributed by atoms with Gasteiger partial charge in [0.25, 0.3) is 0 Å². The van der Waals surface area contributed by atoms with Crippen LogP contribution >= 0.6 is 0 Å². The van der Waals surface area contributed by atoms with Crippen molar-refractivity contribution in [1.82, 2.24) is 19.8 Å². The maximum atomic E-state index is 12.1. The quantitative estimate of drug-likeness (QED) is 0.790. The van der Waals surface area contributed by atoms with E-state index in [4.69, 9.17) is 4.98 Å². The SMILES string of the molecule is CCCC(C)N1CCC(c2c[nH]c3ccc(NC(=O)N(C)CC)nc23)CC1. The molecule has 0 saturated carbocycles. The molecular formula is C21H33N5O. The van der Waals surface area contributed by atoms with E-state index >= 15 is 0 Å². The third-order valence-corrected chi connectivity index (χ3v) is 5.91. The van der Waals surface area contributed by atoms with Gasteiger partial charge in [0.2, 0.25) is 0 Å². The van der Waals surface area contributed by atoms with E-state index in [1.54, 1.807) is 11.9 Å². The zero-order valence-corrected chi connectivity index (χ0v) is 17.1. The Labute approximate surface area is 162 Å². The minimum atomic E-state index is -0.125. The first-order chi connectivity index (χ1) is 13.0. The molecule has 0 aliphatic carbocycles. The second-order valence-corrected chi connectivity index (χ2v) is 7.73. The summed E-state index contributed by atoms with van der Waals surface area (Å²) in [6.45, 7) is 9.52. The summed E-state index contributed by atoms with van der Waals surface area (Å²) < 4.78 is 0. The molecule has 1 saturated heterocycles. The molecule has 1 unspecified atom stereocenters. The van der Waals surface area contributed by atoms with Crippen LogP contribution in [-0.4, -0.2) is 58.5 Å². The van der Waals surface area contributed by atoms with E-state index in [2.05, 4.69) is 35.2 Å². The fourth-order valence-corrected chi connectivity index (χ4v) is 4.00. The van der Waals surface area contributed by atoms with Gasteiger partial charge < -0.3 is 14.8 Å². The lowest BCUT2D eigenvalue weighted by molar-refractivity contribution is 0.155. The molecule has 2 aromatic rings. The lowest BCUT2D eigenvalue weighted by atomic mass is 9.89. The van der Waals surface area contributed by atoms with Crippen molar-refractivity contribution in [3.05, 3.63) is 23.9 Å². The van der Waals surface area contributed by atoms with Crippen LogP contribution in [-0.2, 0) is 0 Å². The second kappa shape index (κ2) is 8.74. The number of carbonyl (C=O) groups excluding carboxylic acids is 1. The number of hydrogen-bond acceptors (Lipinski definition) is 3. The highest BCUT2D eigenvalue weighted by Crippen LogP contribution is 2.33. The van der Waals surface area contributed by atoms with Crippen LogP contribution in [0.25, 0.3) is 11.0 Å². The number of fused-ring (bicyclic) bond motifs is 1. The van der Waals surface area contributed by atoms with Crippen molar-refractivity contribution in [2.75, 3.05) is 32.0 Å². The van der Waals surface area contributed by atoms with Crippen molar-refractivity contribution in [1.29, 1.82) is 0 Å². The average Bonchev–Trinajstić information content (AvgIpc) is 3.10. The number of nitrogens with one attached hydrogen (secondary N) is 2. The molecule has 6 heteroatoms. The summed E-state index contributed by atoms with van der Waals surface area (Å²) >= 11 is 0. The number of likely N-dealkylation sites (tertiary alicyclic amines) is 1. The molecule has 0 spiro atoms. The van der Waals surface area contributed by atoms with Gasteiger partial charge in [-0.25, -0.2) is 9.78 Å². The smallest absolute Gasteiger partial charge is 0.322 e. The predicted molar refractivity (Wildman–Crippen MR) is 111 cm³/mol. The maximum absolute atomic E-state index is 12.1. The topological polar surface area (TPSA) is 64.3 Å². The third-order valence-electron chi connectivity index (χ3n) is 5.91. The Morgan fingerprint density at radius 2 is 2.11 bits per heavy atom. The van der Waals surface area contributed by atoms with Crippen molar-refractivity contribution in [2.45, 2.75) is 58.4 Å². The normalized spacial score (nSPS) is 17.2. The molecule has 2 aromatic heterocycles. The summed E-state index contributed by atoms with van der Waals surface area (Å²) in [6.07, 6.45) is 6.96. The molecule has 27 heavy (non-hydrogen) atoms. The van der Waals surface area contributed by atoms with E-state index in [0.29, 0.717) is 24.3 Å². The van der Waals surface area contributed by atoms with Crippen LogP contribution in [0.5, 0.6) is 0 Å². The number of amides is 2. The van der Waals surface area contributed by atoms with Crippen LogP contribution in [0.3, 0.4) is 0 Å². The number of piperidine rings is 1. The molecule has 148 valence electrons. The molecule has 0 bridgehead atoms.